The minimum absolute atomic E-state index is 0.618. The maximum atomic E-state index is 5.50. The van der Waals surface area contributed by atoms with Crippen LogP contribution in [0.4, 0.5) is 5.69 Å². The van der Waals surface area contributed by atoms with Gasteiger partial charge >= 0.3 is 0 Å². The number of hydrogen-bond donors (Lipinski definition) is 1. The molecule has 1 N–H and O–H groups in total. The van der Waals surface area contributed by atoms with Gasteiger partial charge in [0, 0.05) is 19.6 Å². The van der Waals surface area contributed by atoms with Gasteiger partial charge in [0.25, 0.3) is 0 Å². The molecular weight excluding hydrogens is 212 g/mol. The second-order valence-electron chi connectivity index (χ2n) is 5.10. The monoisotopic (exact) mass is 232 g/mol. The molecule has 1 fully saturated rings. The Bertz CT molecular complexity index is 419. The molecule has 3 nitrogen and oxygen atoms in total. The summed E-state index contributed by atoms with van der Waals surface area (Å²) in [5, 5.41) is 3.50. The van der Waals surface area contributed by atoms with Crippen molar-refractivity contribution in [3.05, 3.63) is 23.8 Å². The van der Waals surface area contributed by atoms with Crippen molar-refractivity contribution in [3.8, 4) is 5.75 Å². The number of fused-ring (bicyclic) bond motifs is 2. The topological polar surface area (TPSA) is 24.5 Å². The van der Waals surface area contributed by atoms with E-state index in [1.807, 2.05) is 0 Å². The number of methoxy groups -OCH3 is 1. The predicted octanol–water partition coefficient (Wildman–Crippen LogP) is 1.67. The second-order valence-corrected chi connectivity index (χ2v) is 5.10. The van der Waals surface area contributed by atoms with Gasteiger partial charge in [-0.2, -0.15) is 0 Å². The van der Waals surface area contributed by atoms with Gasteiger partial charge in [-0.25, -0.2) is 0 Å². The van der Waals surface area contributed by atoms with Crippen LogP contribution < -0.4 is 15.0 Å². The van der Waals surface area contributed by atoms with Crippen molar-refractivity contribution in [2.75, 3.05) is 32.1 Å². The molecule has 2 aliphatic heterocycles. The minimum atomic E-state index is 0.618. The lowest BCUT2D eigenvalue weighted by atomic mass is 9.81. The van der Waals surface area contributed by atoms with Crippen molar-refractivity contribution in [2.24, 2.45) is 5.92 Å². The van der Waals surface area contributed by atoms with Crippen molar-refractivity contribution in [2.45, 2.75) is 18.9 Å². The molecule has 0 spiro atoms. The summed E-state index contributed by atoms with van der Waals surface area (Å²) in [6, 6.07) is 7.03. The first kappa shape index (κ1) is 10.9. The Morgan fingerprint density at radius 1 is 1.41 bits per heavy atom. The first-order valence-corrected chi connectivity index (χ1v) is 6.40. The van der Waals surface area contributed by atoms with Crippen LogP contribution in [0.1, 0.15) is 12.0 Å². The van der Waals surface area contributed by atoms with Gasteiger partial charge < -0.3 is 15.0 Å². The number of rotatable bonds is 1. The zero-order chi connectivity index (χ0) is 11.8. The molecule has 1 aromatic rings. The quantitative estimate of drug-likeness (QED) is 0.797. The first-order valence-electron chi connectivity index (χ1n) is 6.40. The molecule has 2 atom stereocenters. The van der Waals surface area contributed by atoms with E-state index in [4.69, 9.17) is 4.74 Å². The van der Waals surface area contributed by atoms with E-state index in [9.17, 15) is 0 Å². The maximum Gasteiger partial charge on any atom is 0.142 e. The second kappa shape index (κ2) is 4.22. The Morgan fingerprint density at radius 2 is 2.29 bits per heavy atom. The molecule has 0 aromatic heterocycles. The third-order valence-electron chi connectivity index (χ3n) is 4.22. The molecule has 3 heteroatoms. The molecule has 3 rings (SSSR count). The van der Waals surface area contributed by atoms with E-state index in [2.05, 4.69) is 35.5 Å². The molecule has 0 aliphatic carbocycles. The van der Waals surface area contributed by atoms with Gasteiger partial charge in [-0.1, -0.05) is 12.1 Å². The number of nitrogens with zero attached hydrogens (tertiary/aromatic N) is 1. The lowest BCUT2D eigenvalue weighted by molar-refractivity contribution is 0.299. The Morgan fingerprint density at radius 3 is 3.12 bits per heavy atom. The highest BCUT2D eigenvalue weighted by Gasteiger charge is 2.35. The van der Waals surface area contributed by atoms with Crippen LogP contribution in [-0.2, 0) is 6.42 Å². The number of benzene rings is 1. The minimum Gasteiger partial charge on any atom is -0.495 e. The zero-order valence-corrected chi connectivity index (χ0v) is 10.6. The highest BCUT2D eigenvalue weighted by Crippen LogP contribution is 2.40. The highest BCUT2D eigenvalue weighted by molar-refractivity contribution is 5.66. The molecule has 2 aliphatic rings. The molecule has 1 aromatic carbocycles. The number of ether oxygens (including phenoxy) is 1. The van der Waals surface area contributed by atoms with E-state index in [1.165, 1.54) is 24.1 Å². The molecule has 92 valence electrons. The highest BCUT2D eigenvalue weighted by atomic mass is 16.5. The normalized spacial score (nSPS) is 27.3. The van der Waals surface area contributed by atoms with Crippen molar-refractivity contribution < 1.29 is 4.74 Å². The summed E-state index contributed by atoms with van der Waals surface area (Å²) in [4.78, 5) is 2.41. The Hall–Kier alpha value is -1.22. The fourth-order valence-corrected chi connectivity index (χ4v) is 3.33. The van der Waals surface area contributed by atoms with Crippen LogP contribution in [0.15, 0.2) is 18.2 Å². The smallest absolute Gasteiger partial charge is 0.142 e. The van der Waals surface area contributed by atoms with Gasteiger partial charge in [-0.3, -0.25) is 0 Å². The third kappa shape index (κ3) is 1.69. The molecule has 2 unspecified atom stereocenters. The molecule has 0 saturated carbocycles. The summed E-state index contributed by atoms with van der Waals surface area (Å²) < 4.78 is 5.50. The number of likely N-dealkylation sites (N-methyl/N-ethyl adjacent to an activating group) is 1. The van der Waals surface area contributed by atoms with Crippen LogP contribution in [0.5, 0.6) is 5.75 Å². The Kier molecular flexibility index (Phi) is 2.71. The molecule has 0 bridgehead atoms. The van der Waals surface area contributed by atoms with E-state index in [0.29, 0.717) is 6.04 Å². The zero-order valence-electron chi connectivity index (χ0n) is 10.6. The van der Waals surface area contributed by atoms with Crippen LogP contribution in [0, 0.1) is 5.92 Å². The Balaban J connectivity index is 2.03. The Labute approximate surface area is 103 Å². The van der Waals surface area contributed by atoms with E-state index in [1.54, 1.807) is 7.11 Å². The summed E-state index contributed by atoms with van der Waals surface area (Å²) >= 11 is 0. The molecule has 1 saturated heterocycles. The lowest BCUT2D eigenvalue weighted by Crippen LogP contribution is -2.53. The van der Waals surface area contributed by atoms with Gasteiger partial charge in [0.2, 0.25) is 0 Å². The van der Waals surface area contributed by atoms with Crippen LogP contribution in [-0.4, -0.2) is 33.3 Å². The van der Waals surface area contributed by atoms with Gasteiger partial charge in [0.15, 0.2) is 0 Å². The van der Waals surface area contributed by atoms with Crippen molar-refractivity contribution in [1.29, 1.82) is 0 Å². The SMILES string of the molecule is COc1cccc2c1N(C)C1CNCCC1C2. The number of para-hydroxylation sites is 1. The van der Waals surface area contributed by atoms with Crippen molar-refractivity contribution >= 4 is 5.69 Å². The molecule has 17 heavy (non-hydrogen) atoms. The summed E-state index contributed by atoms with van der Waals surface area (Å²) in [7, 11) is 3.96. The standard InChI is InChI=1S/C14H20N2O/c1-16-12-9-15-7-6-10(12)8-11-4-3-5-13(17-2)14(11)16/h3-5,10,12,15H,6-9H2,1-2H3. The number of nitrogens with one attached hydrogen (secondary N) is 1. The molecule has 0 amide bonds. The fourth-order valence-electron chi connectivity index (χ4n) is 3.33. The largest absolute Gasteiger partial charge is 0.495 e. The summed E-state index contributed by atoms with van der Waals surface area (Å²) in [5.41, 5.74) is 2.73. The van der Waals surface area contributed by atoms with Gasteiger partial charge in [0.05, 0.1) is 12.8 Å². The number of anilines is 1. The predicted molar refractivity (Wildman–Crippen MR) is 69.9 cm³/mol. The lowest BCUT2D eigenvalue weighted by Gasteiger charge is -2.44. The first-order chi connectivity index (χ1) is 8.31. The average Bonchev–Trinajstić information content (AvgIpc) is 2.38. The molecular formula is C14H20N2O. The summed E-state index contributed by atoms with van der Waals surface area (Å²) in [6.07, 6.45) is 2.48. The van der Waals surface area contributed by atoms with E-state index in [0.717, 1.165) is 24.8 Å². The van der Waals surface area contributed by atoms with E-state index < -0.39 is 0 Å². The molecule has 0 radical (unpaired) electrons. The van der Waals surface area contributed by atoms with E-state index >= 15 is 0 Å². The fraction of sp³-hybridized carbons (Fsp3) is 0.571. The van der Waals surface area contributed by atoms with Gasteiger partial charge in [0.1, 0.15) is 5.75 Å². The average molecular weight is 232 g/mol. The number of hydrogen-bond acceptors (Lipinski definition) is 3. The maximum absolute atomic E-state index is 5.50. The van der Waals surface area contributed by atoms with Crippen molar-refractivity contribution in [1.82, 2.24) is 5.32 Å². The molecule has 2 heterocycles. The summed E-state index contributed by atoms with van der Waals surface area (Å²) in [5.74, 6) is 1.80. The van der Waals surface area contributed by atoms with Gasteiger partial charge in [-0.05, 0) is 36.9 Å². The van der Waals surface area contributed by atoms with Gasteiger partial charge in [-0.15, -0.1) is 0 Å². The van der Waals surface area contributed by atoms with E-state index in [-0.39, 0.29) is 0 Å². The summed E-state index contributed by atoms with van der Waals surface area (Å²) in [6.45, 7) is 2.26. The number of piperidine rings is 1. The van der Waals surface area contributed by atoms with Crippen LogP contribution in [0.3, 0.4) is 0 Å². The van der Waals surface area contributed by atoms with Crippen LogP contribution in [0.2, 0.25) is 0 Å². The van der Waals surface area contributed by atoms with Crippen LogP contribution in [0.25, 0.3) is 0 Å². The van der Waals surface area contributed by atoms with Crippen molar-refractivity contribution in [3.63, 3.8) is 0 Å². The third-order valence-corrected chi connectivity index (χ3v) is 4.22. The van der Waals surface area contributed by atoms with Crippen LogP contribution >= 0.6 is 0 Å².